The number of amides is 2. The predicted octanol–water partition coefficient (Wildman–Crippen LogP) is 1.86. The summed E-state index contributed by atoms with van der Waals surface area (Å²) in [6.07, 6.45) is 1.67. The quantitative estimate of drug-likeness (QED) is 0.582. The molecule has 1 aliphatic heterocycles. The van der Waals surface area contributed by atoms with E-state index in [-0.39, 0.29) is 23.7 Å². The van der Waals surface area contributed by atoms with Crippen molar-refractivity contribution >= 4 is 35.1 Å². The fraction of sp³-hybridized carbons (Fsp3) is 0.250. The van der Waals surface area contributed by atoms with Crippen LogP contribution in [0.1, 0.15) is 23.5 Å². The zero-order valence-electron chi connectivity index (χ0n) is 13.2. The van der Waals surface area contributed by atoms with Crippen LogP contribution in [-0.4, -0.2) is 28.0 Å². The van der Waals surface area contributed by atoms with Crippen LogP contribution in [0.25, 0.3) is 0 Å². The Balaban J connectivity index is 1.94. The number of aryl methyl sites for hydroxylation is 1. The van der Waals surface area contributed by atoms with Gasteiger partial charge in [-0.2, -0.15) is 0 Å². The lowest BCUT2D eigenvalue weighted by Gasteiger charge is -2.23. The zero-order valence-corrected chi connectivity index (χ0v) is 14.0. The second-order valence-corrected chi connectivity index (χ2v) is 6.29. The van der Waals surface area contributed by atoms with E-state index in [0.29, 0.717) is 10.8 Å². The largest absolute Gasteiger partial charge is 0.326 e. The zero-order chi connectivity index (χ0) is 17.3. The van der Waals surface area contributed by atoms with Gasteiger partial charge in [-0.25, -0.2) is 4.98 Å². The first-order valence-electron chi connectivity index (χ1n) is 7.33. The number of carbonyl (C=O) groups excluding carboxylic acids is 2. The van der Waals surface area contributed by atoms with E-state index in [1.54, 1.807) is 18.4 Å². The summed E-state index contributed by atoms with van der Waals surface area (Å²) >= 11 is 1.25. The summed E-state index contributed by atoms with van der Waals surface area (Å²) in [6, 6.07) is 7.29. The highest BCUT2D eigenvalue weighted by molar-refractivity contribution is 7.98. The molecule has 7 nitrogen and oxygen atoms in total. The first kappa shape index (κ1) is 16.3. The molecule has 8 heteroatoms. The number of hydrogen-bond acceptors (Lipinski definition) is 5. The van der Waals surface area contributed by atoms with Gasteiger partial charge in [0, 0.05) is 12.1 Å². The number of carbonyl (C=O) groups is 2. The van der Waals surface area contributed by atoms with E-state index in [2.05, 4.69) is 20.6 Å². The molecule has 24 heavy (non-hydrogen) atoms. The Morgan fingerprint density at radius 3 is 2.67 bits per heavy atom. The molecule has 0 radical (unpaired) electrons. The molecule has 1 aliphatic rings. The van der Waals surface area contributed by atoms with Gasteiger partial charge in [-0.15, -0.1) is 0 Å². The highest BCUT2D eigenvalue weighted by Crippen LogP contribution is 2.30. The van der Waals surface area contributed by atoms with Crippen molar-refractivity contribution < 1.29 is 9.59 Å². The third kappa shape index (κ3) is 3.18. The molecular formula is C16H16N4O3S. The molecule has 0 saturated heterocycles. The predicted molar refractivity (Wildman–Crippen MR) is 92.4 cm³/mol. The SMILES string of the molecule is CSc1nc2c(c(=O)[nH]1)[C@H](C(=O)Nc1ccc(C)cc1)CC(=O)N2. The Bertz CT molecular complexity index is 861. The van der Waals surface area contributed by atoms with E-state index in [0.717, 1.165) is 5.56 Å². The van der Waals surface area contributed by atoms with Crippen LogP contribution in [0.5, 0.6) is 0 Å². The molecule has 1 atom stereocenters. The van der Waals surface area contributed by atoms with E-state index in [4.69, 9.17) is 0 Å². The molecular weight excluding hydrogens is 328 g/mol. The summed E-state index contributed by atoms with van der Waals surface area (Å²) in [6.45, 7) is 1.95. The van der Waals surface area contributed by atoms with E-state index >= 15 is 0 Å². The average Bonchev–Trinajstić information content (AvgIpc) is 2.55. The number of aromatic nitrogens is 2. The number of nitrogens with one attached hydrogen (secondary N) is 3. The van der Waals surface area contributed by atoms with Crippen molar-refractivity contribution in [2.45, 2.75) is 24.4 Å². The number of H-pyrrole nitrogens is 1. The topological polar surface area (TPSA) is 104 Å². The number of fused-ring (bicyclic) bond motifs is 1. The fourth-order valence-corrected chi connectivity index (χ4v) is 2.91. The molecule has 0 spiro atoms. The van der Waals surface area contributed by atoms with Gasteiger partial charge in [-0.1, -0.05) is 29.5 Å². The van der Waals surface area contributed by atoms with Crippen LogP contribution < -0.4 is 16.2 Å². The van der Waals surface area contributed by atoms with Crippen LogP contribution in [0.15, 0.2) is 34.2 Å². The lowest BCUT2D eigenvalue weighted by molar-refractivity contribution is -0.123. The van der Waals surface area contributed by atoms with Gasteiger partial charge in [0.05, 0.1) is 11.5 Å². The van der Waals surface area contributed by atoms with Crippen molar-refractivity contribution in [3.8, 4) is 0 Å². The van der Waals surface area contributed by atoms with Gasteiger partial charge >= 0.3 is 0 Å². The summed E-state index contributed by atoms with van der Waals surface area (Å²) in [5, 5.41) is 5.71. The smallest absolute Gasteiger partial charge is 0.257 e. The van der Waals surface area contributed by atoms with E-state index in [9.17, 15) is 14.4 Å². The molecule has 0 unspecified atom stereocenters. The maximum absolute atomic E-state index is 12.6. The molecule has 0 aliphatic carbocycles. The van der Waals surface area contributed by atoms with Crippen LogP contribution in [0.4, 0.5) is 11.5 Å². The Morgan fingerprint density at radius 1 is 1.29 bits per heavy atom. The number of hydrogen-bond donors (Lipinski definition) is 3. The Morgan fingerprint density at radius 2 is 2.00 bits per heavy atom. The minimum atomic E-state index is -0.873. The number of nitrogens with zero attached hydrogens (tertiary/aromatic N) is 1. The van der Waals surface area contributed by atoms with Gasteiger partial charge in [0.2, 0.25) is 11.8 Å². The third-order valence-corrected chi connectivity index (χ3v) is 4.34. The van der Waals surface area contributed by atoms with Gasteiger partial charge in [-0.3, -0.25) is 14.4 Å². The standard InChI is InChI=1S/C16H16N4O3S/c1-8-3-5-9(6-4-8)17-14(22)10-7-11(21)18-13-12(10)15(23)20-16(19-13)24-2/h3-6,10H,7H2,1-2H3,(H,17,22)(H2,18,19,20,21,23)/t10-/m1/s1. The van der Waals surface area contributed by atoms with Gasteiger partial charge in [0.1, 0.15) is 5.82 Å². The highest BCUT2D eigenvalue weighted by Gasteiger charge is 2.34. The number of anilines is 2. The van der Waals surface area contributed by atoms with Crippen molar-refractivity contribution in [1.29, 1.82) is 0 Å². The lowest BCUT2D eigenvalue weighted by atomic mass is 9.92. The third-order valence-electron chi connectivity index (χ3n) is 3.76. The van der Waals surface area contributed by atoms with Crippen molar-refractivity contribution in [2.75, 3.05) is 16.9 Å². The molecule has 124 valence electrons. The minimum Gasteiger partial charge on any atom is -0.326 e. The molecule has 0 fully saturated rings. The number of thioether (sulfide) groups is 1. The number of aromatic amines is 1. The summed E-state index contributed by atoms with van der Waals surface area (Å²) in [4.78, 5) is 43.6. The molecule has 0 saturated carbocycles. The van der Waals surface area contributed by atoms with Crippen molar-refractivity contribution in [1.82, 2.24) is 9.97 Å². The summed E-state index contributed by atoms with van der Waals surface area (Å²) in [5.74, 6) is -1.46. The second-order valence-electron chi connectivity index (χ2n) is 5.50. The molecule has 1 aromatic heterocycles. The average molecular weight is 344 g/mol. The summed E-state index contributed by atoms with van der Waals surface area (Å²) in [7, 11) is 0. The fourth-order valence-electron chi connectivity index (χ4n) is 2.54. The van der Waals surface area contributed by atoms with Crippen molar-refractivity contribution in [2.24, 2.45) is 0 Å². The van der Waals surface area contributed by atoms with Crippen LogP contribution >= 0.6 is 11.8 Å². The first-order chi connectivity index (χ1) is 11.5. The summed E-state index contributed by atoms with van der Waals surface area (Å²) < 4.78 is 0. The monoisotopic (exact) mass is 344 g/mol. The lowest BCUT2D eigenvalue weighted by Crippen LogP contribution is -2.36. The molecule has 0 bridgehead atoms. The van der Waals surface area contributed by atoms with Crippen LogP contribution in [0, 0.1) is 6.92 Å². The second kappa shape index (κ2) is 6.48. The Hall–Kier alpha value is -2.61. The highest BCUT2D eigenvalue weighted by atomic mass is 32.2. The van der Waals surface area contributed by atoms with E-state index in [1.807, 2.05) is 19.1 Å². The Kier molecular flexibility index (Phi) is 4.39. The number of rotatable bonds is 3. The first-order valence-corrected chi connectivity index (χ1v) is 8.56. The molecule has 2 amide bonds. The molecule has 3 rings (SSSR count). The maximum Gasteiger partial charge on any atom is 0.257 e. The van der Waals surface area contributed by atoms with Crippen molar-refractivity contribution in [3.05, 3.63) is 45.7 Å². The minimum absolute atomic E-state index is 0.0892. The van der Waals surface area contributed by atoms with Crippen molar-refractivity contribution in [3.63, 3.8) is 0 Å². The van der Waals surface area contributed by atoms with E-state index in [1.165, 1.54) is 11.8 Å². The van der Waals surface area contributed by atoms with Gasteiger partial charge in [0.25, 0.3) is 5.56 Å². The van der Waals surface area contributed by atoms with Crippen LogP contribution in [0.3, 0.4) is 0 Å². The van der Waals surface area contributed by atoms with Gasteiger partial charge < -0.3 is 15.6 Å². The van der Waals surface area contributed by atoms with Crippen LogP contribution in [0.2, 0.25) is 0 Å². The normalized spacial score (nSPS) is 16.2. The van der Waals surface area contributed by atoms with Gasteiger partial charge in [-0.05, 0) is 25.3 Å². The maximum atomic E-state index is 12.6. The molecule has 1 aromatic carbocycles. The molecule has 3 N–H and O–H groups in total. The number of benzene rings is 1. The van der Waals surface area contributed by atoms with E-state index < -0.39 is 17.4 Å². The molecule has 2 heterocycles. The summed E-state index contributed by atoms with van der Waals surface area (Å²) in [5.41, 5.74) is 1.47. The molecule has 2 aromatic rings. The Labute approximate surface area is 142 Å². The van der Waals surface area contributed by atoms with Crippen LogP contribution in [-0.2, 0) is 9.59 Å². The van der Waals surface area contributed by atoms with Gasteiger partial charge in [0.15, 0.2) is 5.16 Å².